The summed E-state index contributed by atoms with van der Waals surface area (Å²) in [6, 6.07) is 8.15. The van der Waals surface area contributed by atoms with Crippen molar-refractivity contribution in [1.82, 2.24) is 19.9 Å². The largest absolute Gasteiger partial charge is 0.353 e. The number of nitrogens with zero attached hydrogens (tertiary/aromatic N) is 5. The van der Waals surface area contributed by atoms with Gasteiger partial charge in [0.1, 0.15) is 17.0 Å². The van der Waals surface area contributed by atoms with Gasteiger partial charge in [-0.2, -0.15) is 0 Å². The number of hydrogen-bond donors (Lipinski definition) is 0. The van der Waals surface area contributed by atoms with Crippen molar-refractivity contribution < 1.29 is 4.79 Å². The van der Waals surface area contributed by atoms with Gasteiger partial charge < -0.3 is 9.80 Å². The minimum absolute atomic E-state index is 0.0288. The van der Waals surface area contributed by atoms with E-state index in [1.165, 1.54) is 0 Å². The van der Waals surface area contributed by atoms with Crippen LogP contribution in [0.25, 0.3) is 10.2 Å². The number of thiophene rings is 1. The van der Waals surface area contributed by atoms with Crippen LogP contribution in [0.2, 0.25) is 0 Å². The Morgan fingerprint density at radius 2 is 2.08 bits per heavy atom. The van der Waals surface area contributed by atoms with Crippen molar-refractivity contribution in [3.05, 3.63) is 47.9 Å². The molecule has 0 saturated carbocycles. The van der Waals surface area contributed by atoms with Crippen LogP contribution in [0.1, 0.15) is 18.5 Å². The van der Waals surface area contributed by atoms with Crippen LogP contribution in [0.5, 0.6) is 0 Å². The number of carbonyl (C=O) groups excluding carboxylic acids is 1. The second-order valence-corrected chi connectivity index (χ2v) is 7.85. The summed E-state index contributed by atoms with van der Waals surface area (Å²) < 4.78 is 0. The lowest BCUT2D eigenvalue weighted by molar-refractivity contribution is -0.140. The molecule has 3 fully saturated rings. The topological polar surface area (TPSA) is 62.2 Å². The number of piperidine rings is 1. The van der Waals surface area contributed by atoms with E-state index in [-0.39, 0.29) is 17.9 Å². The molecular weight excluding hydrogens is 346 g/mol. The quantitative estimate of drug-likeness (QED) is 0.714. The number of fused-ring (bicyclic) bond motifs is 5. The van der Waals surface area contributed by atoms with E-state index < -0.39 is 0 Å². The van der Waals surface area contributed by atoms with Crippen molar-refractivity contribution in [2.24, 2.45) is 5.92 Å². The lowest BCUT2D eigenvalue weighted by Gasteiger charge is -2.35. The van der Waals surface area contributed by atoms with Crippen LogP contribution in [0, 0.1) is 5.92 Å². The third-order valence-electron chi connectivity index (χ3n) is 5.39. The van der Waals surface area contributed by atoms with Gasteiger partial charge in [0.15, 0.2) is 0 Å². The van der Waals surface area contributed by atoms with E-state index in [0.29, 0.717) is 6.54 Å². The summed E-state index contributed by atoms with van der Waals surface area (Å²) in [6.07, 6.45) is 5.42. The molecule has 6 nitrogen and oxygen atoms in total. The Morgan fingerprint density at radius 3 is 2.96 bits per heavy atom. The van der Waals surface area contributed by atoms with E-state index in [1.54, 1.807) is 23.9 Å². The van der Waals surface area contributed by atoms with E-state index in [9.17, 15) is 4.79 Å². The molecule has 6 rings (SSSR count). The highest BCUT2D eigenvalue weighted by molar-refractivity contribution is 7.16. The molecular formula is C19H19N5OS. The second-order valence-electron chi connectivity index (χ2n) is 6.96. The summed E-state index contributed by atoms with van der Waals surface area (Å²) in [5.74, 6) is 1.24. The molecule has 26 heavy (non-hydrogen) atoms. The van der Waals surface area contributed by atoms with E-state index in [1.807, 2.05) is 28.5 Å². The number of aromatic nitrogens is 3. The summed E-state index contributed by atoms with van der Waals surface area (Å²) in [6.45, 7) is 2.14. The Morgan fingerprint density at radius 1 is 1.12 bits per heavy atom. The maximum atomic E-state index is 13.0. The van der Waals surface area contributed by atoms with E-state index in [2.05, 4.69) is 25.9 Å². The van der Waals surface area contributed by atoms with Crippen LogP contribution in [0.15, 0.2) is 42.2 Å². The number of amides is 1. The molecule has 2 bridgehead atoms. The van der Waals surface area contributed by atoms with E-state index in [0.717, 1.165) is 47.7 Å². The lowest BCUT2D eigenvalue weighted by Crippen LogP contribution is -2.47. The van der Waals surface area contributed by atoms with Crippen LogP contribution >= 0.6 is 11.3 Å². The van der Waals surface area contributed by atoms with Crippen LogP contribution in [-0.2, 0) is 11.3 Å². The van der Waals surface area contributed by atoms with Gasteiger partial charge in [-0.05, 0) is 36.4 Å². The first kappa shape index (κ1) is 15.7. The van der Waals surface area contributed by atoms with Gasteiger partial charge >= 0.3 is 0 Å². The Bertz CT molecular complexity index is 943. The standard InChI is InChI=1S/C19H19N5OS/c25-19-13-4-5-15(24(19)10-14-3-1-2-7-20-14)11-23(9-13)17-16-6-8-26-18(16)22-12-21-17/h1-3,6-8,12-13,15H,4-5,9-11H2/t13-,15+/m0/s1. The van der Waals surface area contributed by atoms with Crippen molar-refractivity contribution in [2.75, 3.05) is 18.0 Å². The maximum absolute atomic E-state index is 13.0. The van der Waals surface area contributed by atoms with Crippen LogP contribution in [-0.4, -0.2) is 44.9 Å². The minimum Gasteiger partial charge on any atom is -0.353 e. The van der Waals surface area contributed by atoms with Gasteiger partial charge in [0.05, 0.1) is 23.5 Å². The van der Waals surface area contributed by atoms with E-state index >= 15 is 0 Å². The van der Waals surface area contributed by atoms with Crippen LogP contribution < -0.4 is 4.90 Å². The molecule has 0 N–H and O–H groups in total. The zero-order valence-corrected chi connectivity index (χ0v) is 15.1. The summed E-state index contributed by atoms with van der Waals surface area (Å²) in [5.41, 5.74) is 0.946. The van der Waals surface area contributed by atoms with Crippen molar-refractivity contribution >= 4 is 33.3 Å². The van der Waals surface area contributed by atoms with Crippen LogP contribution in [0.4, 0.5) is 5.82 Å². The number of pyridine rings is 1. The third kappa shape index (κ3) is 2.63. The van der Waals surface area contributed by atoms with Gasteiger partial charge in [-0.1, -0.05) is 6.07 Å². The average molecular weight is 365 g/mol. The average Bonchev–Trinajstić information content (AvgIpc) is 3.00. The SMILES string of the molecule is O=C1[C@H]2CC[C@H](CN(c3ncnc4sccc34)C2)N1Cc1ccccn1. The monoisotopic (exact) mass is 365 g/mol. The van der Waals surface area contributed by atoms with Gasteiger partial charge in [-0.25, -0.2) is 9.97 Å². The van der Waals surface area contributed by atoms with Crippen molar-refractivity contribution in [1.29, 1.82) is 0 Å². The molecule has 3 aromatic rings. The first-order chi connectivity index (χ1) is 12.8. The molecule has 3 aromatic heterocycles. The van der Waals surface area contributed by atoms with Gasteiger partial charge in [0.25, 0.3) is 0 Å². The molecule has 3 saturated heterocycles. The Hall–Kier alpha value is -2.54. The number of anilines is 1. The fourth-order valence-electron chi connectivity index (χ4n) is 4.12. The number of hydrogen-bond acceptors (Lipinski definition) is 6. The summed E-state index contributed by atoms with van der Waals surface area (Å²) in [7, 11) is 0. The molecule has 0 aliphatic carbocycles. The molecule has 0 unspecified atom stereocenters. The Labute approximate surface area is 155 Å². The fourth-order valence-corrected chi connectivity index (χ4v) is 4.84. The summed E-state index contributed by atoms with van der Waals surface area (Å²) in [5, 5.41) is 3.14. The van der Waals surface area contributed by atoms with Crippen molar-refractivity contribution in [3.63, 3.8) is 0 Å². The molecule has 0 radical (unpaired) electrons. The molecule has 7 heteroatoms. The molecule has 132 valence electrons. The van der Waals surface area contributed by atoms with Gasteiger partial charge in [-0.15, -0.1) is 11.3 Å². The van der Waals surface area contributed by atoms with E-state index in [4.69, 9.17) is 0 Å². The van der Waals surface area contributed by atoms with Gasteiger partial charge in [0.2, 0.25) is 5.91 Å². The van der Waals surface area contributed by atoms with Crippen molar-refractivity contribution in [2.45, 2.75) is 25.4 Å². The molecule has 6 heterocycles. The highest BCUT2D eigenvalue weighted by Crippen LogP contribution is 2.34. The molecule has 3 aliphatic heterocycles. The maximum Gasteiger partial charge on any atom is 0.228 e. The smallest absolute Gasteiger partial charge is 0.228 e. The minimum atomic E-state index is 0.0288. The molecule has 0 aromatic carbocycles. The number of rotatable bonds is 3. The highest BCUT2D eigenvalue weighted by Gasteiger charge is 2.41. The number of carbonyl (C=O) groups is 1. The van der Waals surface area contributed by atoms with Gasteiger partial charge in [0, 0.05) is 25.3 Å². The Kier molecular flexibility index (Phi) is 3.81. The van der Waals surface area contributed by atoms with Crippen molar-refractivity contribution in [3.8, 4) is 0 Å². The first-order valence-electron chi connectivity index (χ1n) is 8.93. The highest BCUT2D eigenvalue weighted by atomic mass is 32.1. The molecule has 1 amide bonds. The molecule has 0 spiro atoms. The van der Waals surface area contributed by atoms with Gasteiger partial charge in [-0.3, -0.25) is 9.78 Å². The normalized spacial score (nSPS) is 22.8. The Balaban J connectivity index is 1.46. The summed E-state index contributed by atoms with van der Waals surface area (Å²) in [4.78, 5) is 31.7. The predicted molar refractivity (Wildman–Crippen MR) is 101 cm³/mol. The lowest BCUT2D eigenvalue weighted by atomic mass is 9.94. The van der Waals surface area contributed by atoms with Crippen LogP contribution in [0.3, 0.4) is 0 Å². The fraction of sp³-hybridized carbons (Fsp3) is 0.368. The second kappa shape index (κ2) is 6.32. The summed E-state index contributed by atoms with van der Waals surface area (Å²) >= 11 is 1.63. The molecule has 2 atom stereocenters. The third-order valence-corrected chi connectivity index (χ3v) is 6.21. The zero-order valence-electron chi connectivity index (χ0n) is 14.3. The molecule has 3 aliphatic rings. The zero-order chi connectivity index (χ0) is 17.5. The first-order valence-corrected chi connectivity index (χ1v) is 9.81. The predicted octanol–water partition coefficient (Wildman–Crippen LogP) is 2.71.